The summed E-state index contributed by atoms with van der Waals surface area (Å²) in [6.07, 6.45) is 7.90. The normalized spacial score (nSPS) is 45.5. The molecule has 12 saturated carbocycles. The van der Waals surface area contributed by atoms with Gasteiger partial charge in [-0.15, -0.1) is 0 Å². The Labute approximate surface area is 592 Å². The Kier molecular flexibility index (Phi) is 28.8. The molecule has 12 fully saturated rings. The zero-order chi connectivity index (χ0) is 65.7. The fourth-order valence-corrected chi connectivity index (χ4v) is 26.2. The molecule has 0 aliphatic heterocycles. The number of ether oxygens (including phenoxy) is 3. The molecule has 3 radical (unpaired) electrons. The molecule has 29 atom stereocenters. The maximum Gasteiger partial charge on any atom is 1.00 e. The largest absolute Gasteiger partial charge is 1.00 e. The quantitative estimate of drug-likeness (QED) is 0.0952. The van der Waals surface area contributed by atoms with Crippen LogP contribution in [0.5, 0.6) is 0 Å². The number of hydrogen-bond acceptors (Lipinski definition) is 9. The summed E-state index contributed by atoms with van der Waals surface area (Å²) in [5.74, 6) is 4.37. The zero-order valence-electron chi connectivity index (χ0n) is 58.3. The van der Waals surface area contributed by atoms with Gasteiger partial charge < -0.3 is 41.2 Å². The summed E-state index contributed by atoms with van der Waals surface area (Å²) in [5.41, 5.74) is -2.41. The van der Waals surface area contributed by atoms with E-state index in [0.29, 0.717) is 109 Å². The van der Waals surface area contributed by atoms with Crippen LogP contribution in [-0.4, -0.2) is 128 Å². The predicted octanol–water partition coefficient (Wildman–Crippen LogP) is 14.4. The molecule has 9 nitrogen and oxygen atoms in total. The molecule has 0 saturated heterocycles. The van der Waals surface area contributed by atoms with Gasteiger partial charge >= 0.3 is 48.1 Å². The van der Waals surface area contributed by atoms with Crippen LogP contribution in [0.25, 0.3) is 0 Å². The van der Waals surface area contributed by atoms with Crippen molar-refractivity contribution in [2.45, 2.75) is 285 Å². The summed E-state index contributed by atoms with van der Waals surface area (Å²) in [6.45, 7) is 12.6. The van der Waals surface area contributed by atoms with Crippen molar-refractivity contribution in [1.82, 2.24) is 0 Å². The molecule has 0 aromatic carbocycles. The smallest absolute Gasteiger partial charge is 1.00 e. The average Bonchev–Trinajstić information content (AvgIpc) is 1.49. The van der Waals surface area contributed by atoms with Gasteiger partial charge in [-0.05, 0) is 308 Å². The fourth-order valence-electron chi connectivity index (χ4n) is 26.2. The molecule has 0 aromatic rings. The van der Waals surface area contributed by atoms with Crippen molar-refractivity contribution in [2.75, 3.05) is 41.2 Å². The van der Waals surface area contributed by atoms with Crippen molar-refractivity contribution in [3.05, 3.63) is 0 Å². The maximum absolute atomic E-state index is 13.2. The minimum absolute atomic E-state index is 0. The summed E-state index contributed by atoms with van der Waals surface area (Å²) in [7, 11) is 4.94. The van der Waals surface area contributed by atoms with Crippen molar-refractivity contribution in [3.63, 3.8) is 0 Å². The SMILES string of the molecule is C.C.C.COC[C@]1(O)CC[C@H]2[C@H](CC[C@@H]3[C@@H]2CC[C@]2(C)[C@@H]([C@H](C)C(=O)C(F)(F)F)CC[C@@H]32)C1.COC[C@]1(O)CC[C@H]2[C@H](CC[C@@H]3[C@@H]2CC[C@]2(C)[C@@H]([C@H](C)[C@@H](O)C(F)(F)F)CC[C@@H]32)C1.COC[C@]1(O)CC[C@H]2[C@H](CC[C@@H]3[C@@H]2CC[C@]2(C)[C@@H]([C@H](C)[C@H](O)C(F)(F)F)CC[C@@H]32)C1.[B].[H-].[Na+]. The number of fused-ring (bicyclic) bond motifs is 15. The van der Waals surface area contributed by atoms with E-state index in [1.54, 1.807) is 35.2 Å². The maximum atomic E-state index is 13.2. The van der Waals surface area contributed by atoms with Gasteiger partial charge in [0.25, 0.3) is 0 Å². The number of aliphatic hydroxyl groups is 5. The molecule has 0 aromatic heterocycles. The van der Waals surface area contributed by atoms with E-state index in [9.17, 15) is 69.8 Å². The van der Waals surface area contributed by atoms with Crippen LogP contribution < -0.4 is 29.6 Å². The Bertz CT molecular complexity index is 2350. The third kappa shape index (κ3) is 16.5. The molecule has 12 aliphatic carbocycles. The summed E-state index contributed by atoms with van der Waals surface area (Å²) >= 11 is 0. The molecule has 0 unspecified atom stereocenters. The first-order valence-electron chi connectivity index (χ1n) is 35.7. The van der Waals surface area contributed by atoms with Crippen LogP contribution in [0.1, 0.15) is 239 Å². The van der Waals surface area contributed by atoms with Gasteiger partial charge in [0.1, 0.15) is 0 Å². The van der Waals surface area contributed by atoms with Gasteiger partial charge in [-0.3, -0.25) is 4.79 Å². The van der Waals surface area contributed by atoms with Crippen molar-refractivity contribution in [3.8, 4) is 0 Å². The molecular formula is C75H128BF9NaO9. The fraction of sp³-hybridized carbons (Fsp3) is 0.987. The number of rotatable bonds is 12. The Morgan fingerprint density at radius 3 is 0.947 bits per heavy atom. The van der Waals surface area contributed by atoms with E-state index in [1.807, 2.05) is 0 Å². The van der Waals surface area contributed by atoms with E-state index < -0.39 is 71.1 Å². The number of carbonyl (C=O) groups is 1. The predicted molar refractivity (Wildman–Crippen MR) is 352 cm³/mol. The van der Waals surface area contributed by atoms with Crippen LogP contribution in [0.15, 0.2) is 0 Å². The van der Waals surface area contributed by atoms with Crippen LogP contribution in [0.3, 0.4) is 0 Å². The van der Waals surface area contributed by atoms with Gasteiger partial charge in [-0.2, -0.15) is 39.5 Å². The van der Waals surface area contributed by atoms with Gasteiger partial charge in [0, 0.05) is 35.7 Å². The van der Waals surface area contributed by atoms with Crippen molar-refractivity contribution < 1.29 is 115 Å². The molecule has 5 N–H and O–H groups in total. The van der Waals surface area contributed by atoms with Crippen LogP contribution in [-0.2, 0) is 19.0 Å². The first-order chi connectivity index (χ1) is 42.0. The molecule has 0 heterocycles. The number of halogens is 9. The van der Waals surface area contributed by atoms with E-state index >= 15 is 0 Å². The van der Waals surface area contributed by atoms with E-state index in [2.05, 4.69) is 20.8 Å². The van der Waals surface area contributed by atoms with Crippen molar-refractivity contribution in [1.29, 1.82) is 0 Å². The third-order valence-corrected chi connectivity index (χ3v) is 30.0. The van der Waals surface area contributed by atoms with Gasteiger partial charge in [0.05, 0.1) is 36.6 Å². The molecule has 12 aliphatic rings. The molecular weight excluding hydrogens is 1250 g/mol. The molecule has 0 amide bonds. The Hall–Kier alpha value is -0.215. The number of methoxy groups -OCH3 is 3. The first-order valence-corrected chi connectivity index (χ1v) is 35.7. The number of hydrogen-bond donors (Lipinski definition) is 5. The molecule has 0 bridgehead atoms. The van der Waals surface area contributed by atoms with Crippen LogP contribution in [0.2, 0.25) is 0 Å². The van der Waals surface area contributed by atoms with Crippen LogP contribution >= 0.6 is 0 Å². The van der Waals surface area contributed by atoms with Gasteiger partial charge in [0.15, 0.2) is 12.2 Å². The number of ketones is 1. The second kappa shape index (κ2) is 32.0. The Morgan fingerprint density at radius 1 is 0.421 bits per heavy atom. The minimum atomic E-state index is -4.73. The van der Waals surface area contributed by atoms with Gasteiger partial charge in [-0.25, -0.2) is 0 Å². The molecule has 20 heteroatoms. The second-order valence-electron chi connectivity index (χ2n) is 34.0. The molecule has 0 spiro atoms. The number of Topliss-reactive ketones (excluding diaryl/α,β-unsaturated/α-hetero) is 1. The molecule has 95 heavy (non-hydrogen) atoms. The number of carbonyl (C=O) groups excluding carboxylic acids is 1. The third-order valence-electron chi connectivity index (χ3n) is 30.0. The van der Waals surface area contributed by atoms with E-state index in [1.165, 1.54) is 6.92 Å². The standard InChI is InChI=1S/2C24H39F3O3.C24H37F3O3.3CH4.B.Na.H/c3*1-14(21(28)24(25,26)27)19-6-7-20-18-5-4-15-12-23(29,13-30-3)11-9-16(15)17(18)8-10-22(19,20)2;;;;;;/h2*14-21,28-29H,4-13H2,1-3H3;14-20,29H,4-13H2,1-3H3;3*1H4;;;/q;;;;;;;+1;-1/t14-,15+,16-,17+,18+,19+,20-,21+,22+,23-;14-,15+,16-,17+,18+,19+,20-,21-,22+,23-;14-,15+,16-,17+,18+,19+,20-,22+,23-;;;;;;/m000....../s1. The zero-order valence-corrected chi connectivity index (χ0v) is 59.3. The van der Waals surface area contributed by atoms with E-state index in [-0.39, 0.29) is 95.7 Å². The molecule has 549 valence electrons. The van der Waals surface area contributed by atoms with Crippen molar-refractivity contribution >= 4 is 14.2 Å². The monoisotopic (exact) mass is 1380 g/mol. The van der Waals surface area contributed by atoms with Gasteiger partial charge in [0.2, 0.25) is 5.78 Å². The van der Waals surface area contributed by atoms with Crippen LogP contribution in [0, 0.1) is 141 Å². The number of alkyl halides is 9. The van der Waals surface area contributed by atoms with E-state index in [4.69, 9.17) is 14.2 Å². The number of aliphatic hydroxyl groups excluding tert-OH is 2. The minimum Gasteiger partial charge on any atom is -1.00 e. The second-order valence-corrected chi connectivity index (χ2v) is 34.0. The van der Waals surface area contributed by atoms with E-state index in [0.717, 1.165) is 173 Å². The summed E-state index contributed by atoms with van der Waals surface area (Å²) in [5, 5.41) is 52.5. The molecule has 12 rings (SSSR count). The van der Waals surface area contributed by atoms with Gasteiger partial charge in [-0.1, -0.05) is 63.8 Å². The van der Waals surface area contributed by atoms with Crippen molar-refractivity contribution in [2.24, 2.45) is 141 Å². The summed E-state index contributed by atoms with van der Waals surface area (Å²) in [6, 6.07) is 0. The first kappa shape index (κ1) is 85.4. The van der Waals surface area contributed by atoms with Crippen LogP contribution in [0.4, 0.5) is 39.5 Å². The topological polar surface area (TPSA) is 146 Å². The summed E-state index contributed by atoms with van der Waals surface area (Å²) < 4.78 is 134. The Balaban J connectivity index is 0.000000297. The Morgan fingerprint density at radius 2 is 0.684 bits per heavy atom. The summed E-state index contributed by atoms with van der Waals surface area (Å²) in [4.78, 5) is 12.0. The average molecular weight is 1380 g/mol.